The van der Waals surface area contributed by atoms with Gasteiger partial charge in [-0.25, -0.2) is 4.39 Å². The summed E-state index contributed by atoms with van der Waals surface area (Å²) >= 11 is 0. The molecule has 1 heterocycles. The number of nitrogen functional groups attached to an aromatic ring is 1. The molecule has 1 aromatic carbocycles. The minimum absolute atomic E-state index is 0.123. The van der Waals surface area contributed by atoms with Crippen LogP contribution in [0, 0.1) is 17.1 Å². The van der Waals surface area contributed by atoms with Crippen molar-refractivity contribution < 1.29 is 9.50 Å². The fourth-order valence-electron chi connectivity index (χ4n) is 2.74. The van der Waals surface area contributed by atoms with Gasteiger partial charge in [-0.15, -0.1) is 0 Å². The van der Waals surface area contributed by atoms with E-state index in [0.29, 0.717) is 18.0 Å². The van der Waals surface area contributed by atoms with Gasteiger partial charge < -0.3 is 10.8 Å². The fourth-order valence-corrected chi connectivity index (χ4v) is 2.74. The molecule has 0 radical (unpaired) electrons. The molecule has 4 N–H and O–H groups in total. The summed E-state index contributed by atoms with van der Waals surface area (Å²) < 4.78 is 13.2. The number of hydrogen-bond acceptors (Lipinski definition) is 3. The Labute approximate surface area is 112 Å². The van der Waals surface area contributed by atoms with Crippen LogP contribution in [0.15, 0.2) is 18.2 Å². The van der Waals surface area contributed by atoms with Crippen molar-refractivity contribution in [2.24, 2.45) is 11.7 Å². The van der Waals surface area contributed by atoms with Crippen molar-refractivity contribution in [1.29, 1.82) is 5.41 Å². The topological polar surface area (TPSA) is 73.3 Å². The molecule has 1 aromatic rings. The zero-order valence-corrected chi connectivity index (χ0v) is 11.1. The number of likely N-dealkylation sites (tertiary alicyclic amines) is 1. The van der Waals surface area contributed by atoms with Gasteiger partial charge in [0.15, 0.2) is 0 Å². The summed E-state index contributed by atoms with van der Waals surface area (Å²) in [6, 6.07) is 4.48. The number of aliphatic hydroxyl groups is 1. The maximum Gasteiger partial charge on any atom is 0.123 e. The number of hydrogen-bond donors (Lipinski definition) is 3. The van der Waals surface area contributed by atoms with Crippen LogP contribution < -0.4 is 5.73 Å². The minimum Gasteiger partial charge on any atom is -0.395 e. The molecule has 5 heteroatoms. The minimum atomic E-state index is -0.387. The Morgan fingerprint density at radius 2 is 2.32 bits per heavy atom. The number of rotatable bonds is 4. The summed E-state index contributed by atoms with van der Waals surface area (Å²) in [5.41, 5.74) is 6.78. The number of amidine groups is 1. The van der Waals surface area contributed by atoms with Crippen molar-refractivity contribution in [1.82, 2.24) is 4.90 Å². The van der Waals surface area contributed by atoms with E-state index in [4.69, 9.17) is 11.1 Å². The average molecular weight is 265 g/mol. The SMILES string of the molecule is CC1CCN(Cc2ccc(F)cc2C(=N)N)C1CO. The lowest BCUT2D eigenvalue weighted by Crippen LogP contribution is -2.35. The molecular weight excluding hydrogens is 245 g/mol. The van der Waals surface area contributed by atoms with E-state index in [0.717, 1.165) is 18.5 Å². The molecule has 0 bridgehead atoms. The number of nitrogens with two attached hydrogens (primary N) is 1. The molecule has 2 unspecified atom stereocenters. The normalized spacial score (nSPS) is 23.7. The molecule has 0 amide bonds. The van der Waals surface area contributed by atoms with Crippen LogP contribution in [0.5, 0.6) is 0 Å². The van der Waals surface area contributed by atoms with E-state index in [9.17, 15) is 9.50 Å². The maximum absolute atomic E-state index is 13.2. The Hall–Kier alpha value is -1.46. The summed E-state index contributed by atoms with van der Waals surface area (Å²) in [6.07, 6.45) is 1.04. The summed E-state index contributed by atoms with van der Waals surface area (Å²) in [5.74, 6) is -0.0593. The summed E-state index contributed by atoms with van der Waals surface area (Å²) in [4.78, 5) is 2.17. The molecule has 0 aromatic heterocycles. The molecule has 0 saturated carbocycles. The van der Waals surface area contributed by atoms with Crippen molar-refractivity contribution in [3.8, 4) is 0 Å². The van der Waals surface area contributed by atoms with Gasteiger partial charge in [-0.1, -0.05) is 13.0 Å². The van der Waals surface area contributed by atoms with Crippen molar-refractivity contribution in [3.05, 3.63) is 35.1 Å². The van der Waals surface area contributed by atoms with Gasteiger partial charge >= 0.3 is 0 Å². The largest absolute Gasteiger partial charge is 0.395 e. The molecule has 1 fully saturated rings. The molecule has 0 spiro atoms. The Morgan fingerprint density at radius 1 is 1.58 bits per heavy atom. The van der Waals surface area contributed by atoms with E-state index in [1.807, 2.05) is 0 Å². The second kappa shape index (κ2) is 5.67. The Kier molecular flexibility index (Phi) is 4.17. The first-order chi connectivity index (χ1) is 9.02. The molecule has 2 atom stereocenters. The standard InChI is InChI=1S/C14H20FN3O/c1-9-4-5-18(13(9)8-19)7-10-2-3-11(15)6-12(10)14(16)17/h2-3,6,9,13,19H,4-5,7-8H2,1H3,(H3,16,17). The number of nitrogens with one attached hydrogen (secondary N) is 1. The third-order valence-corrected chi connectivity index (χ3v) is 3.92. The lowest BCUT2D eigenvalue weighted by molar-refractivity contribution is 0.134. The second-order valence-electron chi connectivity index (χ2n) is 5.20. The molecule has 4 nitrogen and oxygen atoms in total. The quantitative estimate of drug-likeness (QED) is 0.567. The zero-order chi connectivity index (χ0) is 14.0. The van der Waals surface area contributed by atoms with Crippen LogP contribution in [-0.2, 0) is 6.54 Å². The van der Waals surface area contributed by atoms with Gasteiger partial charge in [-0.3, -0.25) is 10.3 Å². The lowest BCUT2D eigenvalue weighted by Gasteiger charge is -2.25. The summed E-state index contributed by atoms with van der Waals surface area (Å²) in [5, 5.41) is 17.0. The van der Waals surface area contributed by atoms with E-state index < -0.39 is 0 Å². The monoisotopic (exact) mass is 265 g/mol. The number of nitrogens with zero attached hydrogens (tertiary/aromatic N) is 1. The van der Waals surface area contributed by atoms with Gasteiger partial charge in [0, 0.05) is 18.2 Å². The first-order valence-corrected chi connectivity index (χ1v) is 6.50. The molecule has 1 saturated heterocycles. The Morgan fingerprint density at radius 3 is 2.95 bits per heavy atom. The predicted octanol–water partition coefficient (Wildman–Crippen LogP) is 1.31. The van der Waals surface area contributed by atoms with Crippen LogP contribution in [-0.4, -0.2) is 35.0 Å². The van der Waals surface area contributed by atoms with Gasteiger partial charge in [0.1, 0.15) is 11.7 Å². The van der Waals surface area contributed by atoms with Crippen LogP contribution >= 0.6 is 0 Å². The van der Waals surface area contributed by atoms with Crippen molar-refractivity contribution >= 4 is 5.84 Å². The highest BCUT2D eigenvalue weighted by Gasteiger charge is 2.30. The third-order valence-electron chi connectivity index (χ3n) is 3.92. The molecule has 1 aliphatic rings. The first-order valence-electron chi connectivity index (χ1n) is 6.50. The van der Waals surface area contributed by atoms with E-state index in [1.54, 1.807) is 6.07 Å². The molecule has 19 heavy (non-hydrogen) atoms. The first kappa shape index (κ1) is 14.0. The Bertz CT molecular complexity index is 478. The lowest BCUT2D eigenvalue weighted by atomic mass is 10.0. The van der Waals surface area contributed by atoms with E-state index in [2.05, 4.69) is 11.8 Å². The third kappa shape index (κ3) is 2.93. The van der Waals surface area contributed by atoms with Crippen LogP contribution in [0.1, 0.15) is 24.5 Å². The second-order valence-corrected chi connectivity index (χ2v) is 5.20. The van der Waals surface area contributed by atoms with Gasteiger partial charge in [0.2, 0.25) is 0 Å². The van der Waals surface area contributed by atoms with Crippen LogP contribution in [0.25, 0.3) is 0 Å². The van der Waals surface area contributed by atoms with Crippen molar-refractivity contribution in [2.45, 2.75) is 25.9 Å². The molecule has 1 aliphatic heterocycles. The molecule has 0 aliphatic carbocycles. The number of aliphatic hydroxyl groups excluding tert-OH is 1. The fraction of sp³-hybridized carbons (Fsp3) is 0.500. The van der Waals surface area contributed by atoms with E-state index in [-0.39, 0.29) is 24.3 Å². The molecule has 104 valence electrons. The number of benzene rings is 1. The maximum atomic E-state index is 13.2. The van der Waals surface area contributed by atoms with Gasteiger partial charge in [-0.05, 0) is 36.6 Å². The van der Waals surface area contributed by atoms with Gasteiger partial charge in [0.25, 0.3) is 0 Å². The summed E-state index contributed by atoms with van der Waals surface area (Å²) in [7, 11) is 0. The average Bonchev–Trinajstić information content (AvgIpc) is 2.71. The van der Waals surface area contributed by atoms with E-state index in [1.165, 1.54) is 12.1 Å². The zero-order valence-electron chi connectivity index (χ0n) is 11.1. The highest BCUT2D eigenvalue weighted by Crippen LogP contribution is 2.26. The van der Waals surface area contributed by atoms with E-state index >= 15 is 0 Å². The van der Waals surface area contributed by atoms with Crippen LogP contribution in [0.4, 0.5) is 4.39 Å². The van der Waals surface area contributed by atoms with Crippen molar-refractivity contribution in [2.75, 3.05) is 13.2 Å². The predicted molar refractivity (Wildman–Crippen MR) is 72.5 cm³/mol. The smallest absolute Gasteiger partial charge is 0.123 e. The molecular formula is C14H20FN3O. The molecule has 2 rings (SSSR count). The van der Waals surface area contributed by atoms with Crippen LogP contribution in [0.3, 0.4) is 0 Å². The van der Waals surface area contributed by atoms with Gasteiger partial charge in [-0.2, -0.15) is 0 Å². The van der Waals surface area contributed by atoms with Gasteiger partial charge in [0.05, 0.1) is 6.61 Å². The number of halogens is 1. The highest BCUT2D eigenvalue weighted by atomic mass is 19.1. The van der Waals surface area contributed by atoms with Crippen molar-refractivity contribution in [3.63, 3.8) is 0 Å². The summed E-state index contributed by atoms with van der Waals surface area (Å²) in [6.45, 7) is 3.74. The van der Waals surface area contributed by atoms with Crippen LogP contribution in [0.2, 0.25) is 0 Å². The highest BCUT2D eigenvalue weighted by molar-refractivity contribution is 5.96. The Balaban J connectivity index is 2.21.